The number of likely N-dealkylation sites (tertiary alicyclic amines) is 1. The predicted molar refractivity (Wildman–Crippen MR) is 71.9 cm³/mol. The van der Waals surface area contributed by atoms with Crippen molar-refractivity contribution in [2.24, 2.45) is 11.8 Å². The summed E-state index contributed by atoms with van der Waals surface area (Å²) in [7, 11) is 0. The lowest BCUT2D eigenvalue weighted by molar-refractivity contribution is -0.141. The Morgan fingerprint density at radius 3 is 2.63 bits per heavy atom. The normalized spacial score (nSPS) is 31.2. The van der Waals surface area contributed by atoms with Crippen molar-refractivity contribution < 1.29 is 14.7 Å². The quantitative estimate of drug-likeness (QED) is 0.823. The van der Waals surface area contributed by atoms with Crippen molar-refractivity contribution in [2.75, 3.05) is 13.1 Å². The maximum absolute atomic E-state index is 12.1. The summed E-state index contributed by atoms with van der Waals surface area (Å²) in [5.41, 5.74) is 0. The number of hydrogen-bond acceptors (Lipinski definition) is 2. The van der Waals surface area contributed by atoms with Gasteiger partial charge in [0, 0.05) is 13.1 Å². The Morgan fingerprint density at radius 2 is 1.95 bits per heavy atom. The van der Waals surface area contributed by atoms with Crippen LogP contribution in [0.4, 0.5) is 4.79 Å². The van der Waals surface area contributed by atoms with Crippen molar-refractivity contribution in [2.45, 2.75) is 51.5 Å². The van der Waals surface area contributed by atoms with E-state index in [0.29, 0.717) is 31.3 Å². The number of carboxylic acid groups (broad SMARTS) is 1. The van der Waals surface area contributed by atoms with Gasteiger partial charge in [-0.25, -0.2) is 9.59 Å². The van der Waals surface area contributed by atoms with Crippen LogP contribution in [0, 0.1) is 11.8 Å². The number of nitrogens with one attached hydrogen (secondary N) is 1. The van der Waals surface area contributed by atoms with E-state index in [4.69, 9.17) is 5.11 Å². The molecule has 0 aromatic carbocycles. The van der Waals surface area contributed by atoms with Gasteiger partial charge >= 0.3 is 12.0 Å². The first-order valence-corrected chi connectivity index (χ1v) is 7.37. The van der Waals surface area contributed by atoms with Gasteiger partial charge in [0.15, 0.2) is 0 Å². The van der Waals surface area contributed by atoms with E-state index in [9.17, 15) is 9.59 Å². The molecule has 1 aliphatic carbocycles. The van der Waals surface area contributed by atoms with Crippen molar-refractivity contribution in [1.29, 1.82) is 0 Å². The molecule has 3 atom stereocenters. The second-order valence-corrected chi connectivity index (χ2v) is 5.90. The lowest BCUT2D eigenvalue weighted by atomic mass is 9.80. The van der Waals surface area contributed by atoms with Crippen molar-refractivity contribution in [1.82, 2.24) is 10.2 Å². The highest BCUT2D eigenvalue weighted by Crippen LogP contribution is 2.29. The van der Waals surface area contributed by atoms with Crippen LogP contribution >= 0.6 is 0 Å². The topological polar surface area (TPSA) is 69.6 Å². The Hall–Kier alpha value is -1.26. The molecule has 0 radical (unpaired) electrons. The summed E-state index contributed by atoms with van der Waals surface area (Å²) in [5.74, 6) is 0.310. The standard InChI is InChI=1S/C14H24N2O3/c1-10-5-2-3-6-11(10)9-15-14(19)16-8-4-7-12(16)13(17)18/h10-12H,2-9H2,1H3,(H,15,19)(H,17,18)/t10?,11?,12-/m0/s1. The highest BCUT2D eigenvalue weighted by Gasteiger charge is 2.34. The molecule has 2 fully saturated rings. The van der Waals surface area contributed by atoms with Gasteiger partial charge in [-0.3, -0.25) is 0 Å². The van der Waals surface area contributed by atoms with Gasteiger partial charge in [-0.1, -0.05) is 26.2 Å². The van der Waals surface area contributed by atoms with Crippen molar-refractivity contribution in [3.8, 4) is 0 Å². The van der Waals surface area contributed by atoms with E-state index in [2.05, 4.69) is 12.2 Å². The Kier molecular flexibility index (Phi) is 4.66. The fourth-order valence-electron chi connectivity index (χ4n) is 3.28. The molecular weight excluding hydrogens is 244 g/mol. The summed E-state index contributed by atoms with van der Waals surface area (Å²) in [4.78, 5) is 24.6. The van der Waals surface area contributed by atoms with Gasteiger partial charge in [0.25, 0.3) is 0 Å². The largest absolute Gasteiger partial charge is 0.480 e. The zero-order valence-electron chi connectivity index (χ0n) is 11.6. The number of nitrogens with zero attached hydrogens (tertiary/aromatic N) is 1. The van der Waals surface area contributed by atoms with E-state index in [1.54, 1.807) is 0 Å². The SMILES string of the molecule is CC1CCCCC1CNC(=O)N1CCC[C@H]1C(=O)O. The zero-order chi connectivity index (χ0) is 13.8. The average Bonchev–Trinajstić information content (AvgIpc) is 2.87. The lowest BCUT2D eigenvalue weighted by Crippen LogP contribution is -2.47. The number of aliphatic carboxylic acids is 1. The molecule has 108 valence electrons. The summed E-state index contributed by atoms with van der Waals surface area (Å²) in [5, 5.41) is 12.0. The third-order valence-corrected chi connectivity index (χ3v) is 4.60. The number of carbonyl (C=O) groups excluding carboxylic acids is 1. The van der Waals surface area contributed by atoms with Crippen LogP contribution in [-0.2, 0) is 4.79 Å². The molecule has 1 saturated carbocycles. The Morgan fingerprint density at radius 1 is 1.21 bits per heavy atom. The molecule has 1 heterocycles. The van der Waals surface area contributed by atoms with E-state index in [1.807, 2.05) is 0 Å². The minimum Gasteiger partial charge on any atom is -0.480 e. The van der Waals surface area contributed by atoms with Crippen LogP contribution in [0.3, 0.4) is 0 Å². The van der Waals surface area contributed by atoms with Crippen LogP contribution in [-0.4, -0.2) is 41.1 Å². The molecular formula is C14H24N2O3. The van der Waals surface area contributed by atoms with E-state index >= 15 is 0 Å². The Balaban J connectivity index is 1.82. The van der Waals surface area contributed by atoms with E-state index in [0.717, 1.165) is 6.42 Å². The third-order valence-electron chi connectivity index (χ3n) is 4.60. The van der Waals surface area contributed by atoms with Crippen molar-refractivity contribution >= 4 is 12.0 Å². The molecule has 19 heavy (non-hydrogen) atoms. The number of rotatable bonds is 3. The highest BCUT2D eigenvalue weighted by molar-refractivity contribution is 5.83. The van der Waals surface area contributed by atoms with Gasteiger partial charge in [-0.2, -0.15) is 0 Å². The Bertz CT molecular complexity index is 346. The van der Waals surface area contributed by atoms with E-state index in [-0.39, 0.29) is 6.03 Å². The third kappa shape index (κ3) is 3.39. The number of hydrogen-bond donors (Lipinski definition) is 2. The van der Waals surface area contributed by atoms with Gasteiger partial charge in [0.1, 0.15) is 6.04 Å². The first-order valence-electron chi connectivity index (χ1n) is 7.37. The second kappa shape index (κ2) is 6.26. The molecule has 2 rings (SSSR count). The molecule has 2 aliphatic rings. The second-order valence-electron chi connectivity index (χ2n) is 5.90. The van der Waals surface area contributed by atoms with E-state index < -0.39 is 12.0 Å². The van der Waals surface area contributed by atoms with Gasteiger partial charge in [0.2, 0.25) is 0 Å². The van der Waals surface area contributed by atoms with Crippen LogP contribution < -0.4 is 5.32 Å². The van der Waals surface area contributed by atoms with Gasteiger partial charge in [-0.15, -0.1) is 0 Å². The molecule has 1 aliphatic heterocycles. The maximum Gasteiger partial charge on any atom is 0.326 e. The van der Waals surface area contributed by atoms with E-state index in [1.165, 1.54) is 30.6 Å². The molecule has 5 heteroatoms. The molecule has 2 amide bonds. The highest BCUT2D eigenvalue weighted by atomic mass is 16.4. The van der Waals surface area contributed by atoms with Gasteiger partial charge in [0.05, 0.1) is 0 Å². The minimum atomic E-state index is -0.890. The molecule has 5 nitrogen and oxygen atoms in total. The fraction of sp³-hybridized carbons (Fsp3) is 0.857. The molecule has 0 aromatic rings. The first kappa shape index (κ1) is 14.2. The fourth-order valence-corrected chi connectivity index (χ4v) is 3.28. The summed E-state index contributed by atoms with van der Waals surface area (Å²) in [6, 6.07) is -0.841. The van der Waals surface area contributed by atoms with Crippen LogP contribution in [0.25, 0.3) is 0 Å². The first-order chi connectivity index (χ1) is 9.09. The number of carbonyl (C=O) groups is 2. The van der Waals surface area contributed by atoms with Gasteiger partial charge in [-0.05, 0) is 31.1 Å². The van der Waals surface area contributed by atoms with Crippen LogP contribution in [0.1, 0.15) is 45.4 Å². The van der Waals surface area contributed by atoms with Crippen LogP contribution in [0.2, 0.25) is 0 Å². The summed E-state index contributed by atoms with van der Waals surface area (Å²) in [6.07, 6.45) is 6.30. The Labute approximate surface area is 114 Å². The molecule has 1 saturated heterocycles. The number of amides is 2. The summed E-state index contributed by atoms with van der Waals surface area (Å²) < 4.78 is 0. The van der Waals surface area contributed by atoms with Gasteiger partial charge < -0.3 is 15.3 Å². The molecule has 0 bridgehead atoms. The monoisotopic (exact) mass is 268 g/mol. The minimum absolute atomic E-state index is 0.206. The molecule has 2 N–H and O–H groups in total. The van der Waals surface area contributed by atoms with Crippen molar-refractivity contribution in [3.05, 3.63) is 0 Å². The number of carboxylic acids is 1. The summed E-state index contributed by atoms with van der Waals surface area (Å²) >= 11 is 0. The lowest BCUT2D eigenvalue weighted by Gasteiger charge is -2.30. The molecule has 2 unspecified atom stereocenters. The maximum atomic E-state index is 12.1. The number of urea groups is 1. The smallest absolute Gasteiger partial charge is 0.326 e. The molecule has 0 spiro atoms. The zero-order valence-corrected chi connectivity index (χ0v) is 11.6. The predicted octanol–water partition coefficient (Wildman–Crippen LogP) is 2.07. The summed E-state index contributed by atoms with van der Waals surface area (Å²) in [6.45, 7) is 3.48. The van der Waals surface area contributed by atoms with Crippen LogP contribution in [0.5, 0.6) is 0 Å². The van der Waals surface area contributed by atoms with Crippen LogP contribution in [0.15, 0.2) is 0 Å². The van der Waals surface area contributed by atoms with Crippen molar-refractivity contribution in [3.63, 3.8) is 0 Å². The average molecular weight is 268 g/mol. The molecule has 0 aromatic heterocycles.